The first-order chi connectivity index (χ1) is 13.3. The lowest BCUT2D eigenvalue weighted by Crippen LogP contribution is -2.78. The Morgan fingerprint density at radius 3 is 2.71 bits per heavy atom. The number of amides is 2. The van der Waals surface area contributed by atoms with Crippen molar-refractivity contribution >= 4 is 23.4 Å². The second-order valence-electron chi connectivity index (χ2n) is 7.78. The molecule has 1 aromatic rings. The van der Waals surface area contributed by atoms with Crippen molar-refractivity contribution in [3.63, 3.8) is 0 Å². The van der Waals surface area contributed by atoms with Gasteiger partial charge in [-0.3, -0.25) is 9.59 Å². The van der Waals surface area contributed by atoms with Crippen LogP contribution >= 0.6 is 11.6 Å². The number of ether oxygens (including phenoxy) is 1. The van der Waals surface area contributed by atoms with Crippen LogP contribution < -0.4 is 15.4 Å². The molecule has 0 spiro atoms. The molecule has 1 aromatic carbocycles. The van der Waals surface area contributed by atoms with Crippen molar-refractivity contribution in [1.82, 2.24) is 10.6 Å². The Bertz CT molecular complexity index is 804. The predicted molar refractivity (Wildman–Crippen MR) is 101 cm³/mol. The minimum Gasteiger partial charge on any atom is -0.484 e. The van der Waals surface area contributed by atoms with Crippen LogP contribution in [0.4, 0.5) is 4.39 Å². The highest BCUT2D eigenvalue weighted by atomic mass is 35.5. The summed E-state index contributed by atoms with van der Waals surface area (Å²) < 4.78 is 18.7. The van der Waals surface area contributed by atoms with Crippen molar-refractivity contribution in [3.8, 4) is 11.8 Å². The minimum atomic E-state index is -0.605. The molecule has 0 saturated heterocycles. The zero-order valence-electron chi connectivity index (χ0n) is 15.7. The summed E-state index contributed by atoms with van der Waals surface area (Å²) >= 11 is 5.61. The van der Waals surface area contributed by atoms with E-state index in [1.807, 2.05) is 6.92 Å². The topological polar surface area (TPSA) is 91.2 Å². The lowest BCUT2D eigenvalue weighted by atomic mass is 9.39. The average Bonchev–Trinajstić information content (AvgIpc) is 2.61. The molecule has 150 valence electrons. The van der Waals surface area contributed by atoms with Gasteiger partial charge in [0.05, 0.1) is 16.5 Å². The number of hydrogen-bond acceptors (Lipinski definition) is 4. The van der Waals surface area contributed by atoms with E-state index in [2.05, 4.69) is 16.7 Å². The standard InChI is InChI=1S/C20H23ClFN3O3/c1-2-13(8-23)5-6-24-18(27)19-10-20(11-19,12-19)25-17(26)9-28-14-3-4-15(21)16(22)7-14/h3-4,7,13H,2,5-6,9-12H2,1H3,(H,24,27)(H,25,26). The van der Waals surface area contributed by atoms with Crippen molar-refractivity contribution in [2.75, 3.05) is 13.2 Å². The molecule has 8 heteroatoms. The van der Waals surface area contributed by atoms with E-state index in [1.165, 1.54) is 12.1 Å². The van der Waals surface area contributed by atoms with Gasteiger partial charge in [-0.2, -0.15) is 5.26 Å². The monoisotopic (exact) mass is 407 g/mol. The molecule has 3 saturated carbocycles. The molecule has 2 N–H and O–H groups in total. The maximum Gasteiger partial charge on any atom is 0.258 e. The third-order valence-corrected chi connectivity index (χ3v) is 5.94. The Kier molecular flexibility index (Phi) is 5.80. The number of rotatable bonds is 9. The second kappa shape index (κ2) is 7.96. The zero-order valence-corrected chi connectivity index (χ0v) is 16.4. The number of nitrogens with one attached hydrogen (secondary N) is 2. The Labute approximate surface area is 168 Å². The molecule has 2 bridgehead atoms. The highest BCUT2D eigenvalue weighted by Crippen LogP contribution is 2.67. The summed E-state index contributed by atoms with van der Waals surface area (Å²) in [6.45, 7) is 2.22. The molecule has 1 atom stereocenters. The number of nitriles is 1. The SMILES string of the molecule is CCC(C#N)CCNC(=O)C12CC(NC(=O)COc3ccc(Cl)c(F)c3)(C1)C2. The van der Waals surface area contributed by atoms with Gasteiger partial charge < -0.3 is 15.4 Å². The number of nitrogens with zero attached hydrogens (tertiary/aromatic N) is 1. The fourth-order valence-corrected chi connectivity index (χ4v) is 4.23. The minimum absolute atomic E-state index is 0.00399. The number of carbonyl (C=O) groups excluding carboxylic acids is 2. The van der Waals surface area contributed by atoms with E-state index in [-0.39, 0.29) is 46.1 Å². The molecule has 0 radical (unpaired) electrons. The third kappa shape index (κ3) is 4.07. The molecular formula is C20H23ClFN3O3. The van der Waals surface area contributed by atoms with Crippen molar-refractivity contribution < 1.29 is 18.7 Å². The number of benzene rings is 1. The smallest absolute Gasteiger partial charge is 0.258 e. The van der Waals surface area contributed by atoms with Crippen molar-refractivity contribution in [2.45, 2.75) is 44.6 Å². The van der Waals surface area contributed by atoms with Crippen LogP contribution in [0.5, 0.6) is 5.75 Å². The first-order valence-corrected chi connectivity index (χ1v) is 9.76. The van der Waals surface area contributed by atoms with Crippen LogP contribution in [-0.4, -0.2) is 30.5 Å². The van der Waals surface area contributed by atoms with Gasteiger partial charge in [0.1, 0.15) is 11.6 Å². The molecule has 3 aliphatic rings. The summed E-state index contributed by atoms with van der Waals surface area (Å²) in [5.41, 5.74) is -0.719. The Balaban J connectivity index is 1.38. The highest BCUT2D eigenvalue weighted by molar-refractivity contribution is 6.30. The van der Waals surface area contributed by atoms with E-state index < -0.39 is 5.82 Å². The normalized spacial score (nSPS) is 25.5. The number of halogens is 2. The van der Waals surface area contributed by atoms with Crippen LogP contribution in [0.15, 0.2) is 18.2 Å². The van der Waals surface area contributed by atoms with Gasteiger partial charge in [0.2, 0.25) is 5.91 Å². The summed E-state index contributed by atoms with van der Waals surface area (Å²) in [5, 5.41) is 14.8. The van der Waals surface area contributed by atoms with Gasteiger partial charge in [0, 0.05) is 24.1 Å². The van der Waals surface area contributed by atoms with Gasteiger partial charge in [-0.15, -0.1) is 0 Å². The molecule has 2 amide bonds. The van der Waals surface area contributed by atoms with E-state index in [0.717, 1.165) is 12.5 Å². The van der Waals surface area contributed by atoms with Crippen LogP contribution in [0.1, 0.15) is 39.0 Å². The number of carbonyl (C=O) groups is 2. The molecule has 3 fully saturated rings. The van der Waals surface area contributed by atoms with Gasteiger partial charge in [-0.25, -0.2) is 4.39 Å². The Morgan fingerprint density at radius 2 is 2.11 bits per heavy atom. The maximum absolute atomic E-state index is 13.4. The summed E-state index contributed by atoms with van der Waals surface area (Å²) in [6.07, 6.45) is 3.27. The zero-order chi connectivity index (χ0) is 20.4. The molecule has 0 aliphatic heterocycles. The second-order valence-corrected chi connectivity index (χ2v) is 8.19. The van der Waals surface area contributed by atoms with E-state index in [1.54, 1.807) is 0 Å². The molecule has 6 nitrogen and oxygen atoms in total. The van der Waals surface area contributed by atoms with Crippen LogP contribution in [0.2, 0.25) is 5.02 Å². The average molecular weight is 408 g/mol. The lowest BCUT2D eigenvalue weighted by molar-refractivity contribution is -0.183. The molecular weight excluding hydrogens is 385 g/mol. The summed E-state index contributed by atoms with van der Waals surface area (Å²) in [5.74, 6) is -0.707. The van der Waals surface area contributed by atoms with Gasteiger partial charge >= 0.3 is 0 Å². The Morgan fingerprint density at radius 1 is 1.39 bits per heavy atom. The fraction of sp³-hybridized carbons (Fsp3) is 0.550. The van der Waals surface area contributed by atoms with Crippen molar-refractivity contribution in [2.24, 2.45) is 11.3 Å². The molecule has 0 heterocycles. The van der Waals surface area contributed by atoms with E-state index >= 15 is 0 Å². The molecule has 28 heavy (non-hydrogen) atoms. The van der Waals surface area contributed by atoms with E-state index in [4.69, 9.17) is 21.6 Å². The maximum atomic E-state index is 13.4. The van der Waals surface area contributed by atoms with Crippen LogP contribution in [-0.2, 0) is 9.59 Å². The highest BCUT2D eigenvalue weighted by Gasteiger charge is 2.72. The van der Waals surface area contributed by atoms with Gasteiger partial charge in [0.25, 0.3) is 5.91 Å². The van der Waals surface area contributed by atoms with Crippen LogP contribution in [0.3, 0.4) is 0 Å². The molecule has 1 unspecified atom stereocenters. The predicted octanol–water partition coefficient (Wildman–Crippen LogP) is 2.95. The third-order valence-electron chi connectivity index (χ3n) is 5.63. The number of hydrogen-bond donors (Lipinski definition) is 2. The van der Waals surface area contributed by atoms with Gasteiger partial charge in [0.15, 0.2) is 6.61 Å². The largest absolute Gasteiger partial charge is 0.484 e. The van der Waals surface area contributed by atoms with Gasteiger partial charge in [-0.1, -0.05) is 18.5 Å². The fourth-order valence-electron chi connectivity index (χ4n) is 4.12. The van der Waals surface area contributed by atoms with E-state index in [9.17, 15) is 14.0 Å². The first kappa shape index (κ1) is 20.4. The summed E-state index contributed by atoms with van der Waals surface area (Å²) in [4.78, 5) is 24.5. The van der Waals surface area contributed by atoms with Crippen LogP contribution in [0.25, 0.3) is 0 Å². The quantitative estimate of drug-likeness (QED) is 0.658. The van der Waals surface area contributed by atoms with Crippen molar-refractivity contribution in [3.05, 3.63) is 29.0 Å². The van der Waals surface area contributed by atoms with Crippen molar-refractivity contribution in [1.29, 1.82) is 5.26 Å². The molecule has 0 aromatic heterocycles. The molecule has 4 rings (SSSR count). The summed E-state index contributed by atoms with van der Waals surface area (Å²) in [6, 6.07) is 6.21. The summed E-state index contributed by atoms with van der Waals surface area (Å²) in [7, 11) is 0. The first-order valence-electron chi connectivity index (χ1n) is 9.38. The van der Waals surface area contributed by atoms with Gasteiger partial charge in [-0.05, 0) is 44.2 Å². The van der Waals surface area contributed by atoms with Crippen LogP contribution in [0, 0.1) is 28.5 Å². The molecule has 3 aliphatic carbocycles. The Hall–Kier alpha value is -2.33. The lowest BCUT2D eigenvalue weighted by Gasteiger charge is -2.69. The van der Waals surface area contributed by atoms with E-state index in [0.29, 0.717) is 32.2 Å².